The normalized spacial score (nSPS) is 12.3. The highest BCUT2D eigenvalue weighted by Crippen LogP contribution is 2.26. The topological polar surface area (TPSA) is 55.4 Å². The molecule has 1 atom stereocenters. The van der Waals surface area contributed by atoms with E-state index in [1.54, 1.807) is 36.4 Å². The Labute approximate surface area is 136 Å². The third-order valence-electron chi connectivity index (χ3n) is 3.15. The molecule has 126 valence electrons. The van der Waals surface area contributed by atoms with Gasteiger partial charge in [-0.05, 0) is 11.1 Å². The lowest BCUT2D eigenvalue weighted by Crippen LogP contribution is -2.40. The molecule has 0 heterocycles. The van der Waals surface area contributed by atoms with Crippen LogP contribution >= 0.6 is 0 Å². The fraction of sp³-hybridized carbons (Fsp3) is 0.176. The summed E-state index contributed by atoms with van der Waals surface area (Å²) < 4.78 is 43.1. The van der Waals surface area contributed by atoms with Crippen molar-refractivity contribution in [2.24, 2.45) is 0 Å². The molecule has 1 amide bonds. The number of halogens is 3. The smallest absolute Gasteiger partial charge is 0.445 e. The van der Waals surface area contributed by atoms with Crippen molar-refractivity contribution in [3.05, 3.63) is 71.8 Å². The summed E-state index contributed by atoms with van der Waals surface area (Å²) in [6.45, 7) is -0.117. The molecule has 7 heteroatoms. The minimum Gasteiger partial charge on any atom is -0.445 e. The van der Waals surface area contributed by atoms with Gasteiger partial charge in [0.15, 0.2) is 0 Å². The van der Waals surface area contributed by atoms with Gasteiger partial charge in [0.05, 0.1) is 0 Å². The summed E-state index contributed by atoms with van der Waals surface area (Å²) in [7, 11) is 0. The third-order valence-corrected chi connectivity index (χ3v) is 3.15. The van der Waals surface area contributed by atoms with Crippen LogP contribution < -0.4 is 5.32 Å². The molecule has 0 radical (unpaired) electrons. The molecule has 2 rings (SSSR count). The van der Waals surface area contributed by atoms with Gasteiger partial charge in [-0.1, -0.05) is 60.7 Å². The average Bonchev–Trinajstić information content (AvgIpc) is 2.58. The quantitative estimate of drug-likeness (QED) is 0.903. The van der Waals surface area contributed by atoms with Gasteiger partial charge in [-0.3, -0.25) is 4.79 Å². The number of hydrogen-bond donors (Lipinski definition) is 1. The molecule has 2 aromatic rings. The largest absolute Gasteiger partial charge is 0.452 e. The summed E-state index contributed by atoms with van der Waals surface area (Å²) in [4.78, 5) is 23.4. The van der Waals surface area contributed by atoms with Gasteiger partial charge in [0.1, 0.15) is 12.6 Å². The van der Waals surface area contributed by atoms with Crippen LogP contribution in [0, 0.1) is 0 Å². The van der Waals surface area contributed by atoms with Crippen LogP contribution in [0.25, 0.3) is 0 Å². The molecule has 0 aliphatic carbocycles. The van der Waals surface area contributed by atoms with E-state index in [-0.39, 0.29) is 12.2 Å². The zero-order chi connectivity index (χ0) is 17.6. The summed E-state index contributed by atoms with van der Waals surface area (Å²) in [6.07, 6.45) is -6.18. The lowest BCUT2D eigenvalue weighted by Gasteiger charge is -2.19. The summed E-state index contributed by atoms with van der Waals surface area (Å²) >= 11 is 0. The molecule has 24 heavy (non-hydrogen) atoms. The van der Waals surface area contributed by atoms with Gasteiger partial charge < -0.3 is 10.1 Å². The zero-order valence-electron chi connectivity index (χ0n) is 12.4. The number of nitrogens with one attached hydrogen (secondary N) is 1. The van der Waals surface area contributed by atoms with Gasteiger partial charge >= 0.3 is 12.3 Å². The van der Waals surface area contributed by atoms with Crippen molar-refractivity contribution in [1.29, 1.82) is 0 Å². The van der Waals surface area contributed by atoms with Gasteiger partial charge in [-0.25, -0.2) is 4.79 Å². The number of hydrogen-bond acceptors (Lipinski definition) is 3. The summed E-state index contributed by atoms with van der Waals surface area (Å²) in [5, 5.41) is 1.98. The van der Waals surface area contributed by atoms with Crippen LogP contribution in [0.5, 0.6) is 0 Å². The van der Waals surface area contributed by atoms with Crippen LogP contribution in [-0.2, 0) is 16.1 Å². The fourth-order valence-electron chi connectivity index (χ4n) is 1.99. The number of amides is 1. The van der Waals surface area contributed by atoms with E-state index < -0.39 is 24.1 Å². The van der Waals surface area contributed by atoms with Crippen LogP contribution in [0.2, 0.25) is 0 Å². The molecule has 0 aliphatic rings. The lowest BCUT2D eigenvalue weighted by atomic mass is 10.0. The van der Waals surface area contributed by atoms with Crippen molar-refractivity contribution in [1.82, 2.24) is 5.32 Å². The SMILES string of the molecule is O=C(NC(C(=O)C(F)(F)F)c1ccccc1)OCc1ccccc1. The number of ketones is 1. The Morgan fingerprint density at radius 3 is 2.04 bits per heavy atom. The third kappa shape index (κ3) is 4.84. The van der Waals surface area contributed by atoms with Gasteiger partial charge in [0, 0.05) is 0 Å². The second kappa shape index (κ2) is 7.63. The Morgan fingerprint density at radius 1 is 0.958 bits per heavy atom. The van der Waals surface area contributed by atoms with Crippen molar-refractivity contribution >= 4 is 11.9 Å². The van der Waals surface area contributed by atoms with Crippen molar-refractivity contribution in [3.8, 4) is 0 Å². The number of carbonyl (C=O) groups excluding carboxylic acids is 2. The van der Waals surface area contributed by atoms with Crippen LogP contribution in [-0.4, -0.2) is 18.1 Å². The van der Waals surface area contributed by atoms with Gasteiger partial charge in [0.2, 0.25) is 0 Å². The molecule has 0 aromatic heterocycles. The number of Topliss-reactive ketones (excluding diaryl/α,β-unsaturated/α-hetero) is 1. The standard InChI is InChI=1S/C17H14F3NO3/c18-17(19,20)15(22)14(13-9-5-2-6-10-13)21-16(23)24-11-12-7-3-1-4-8-12/h1-10,14H,11H2,(H,21,23). The molecule has 0 saturated carbocycles. The molecule has 0 saturated heterocycles. The monoisotopic (exact) mass is 337 g/mol. The highest BCUT2D eigenvalue weighted by atomic mass is 19.4. The van der Waals surface area contributed by atoms with Crippen molar-refractivity contribution in [2.45, 2.75) is 18.8 Å². The first-order chi connectivity index (χ1) is 11.4. The number of alkyl halides is 3. The van der Waals surface area contributed by atoms with Gasteiger partial charge in [0.25, 0.3) is 5.78 Å². The van der Waals surface area contributed by atoms with E-state index in [0.717, 1.165) is 0 Å². The maximum atomic E-state index is 12.7. The molecule has 0 fully saturated rings. The first-order valence-electron chi connectivity index (χ1n) is 7.01. The lowest BCUT2D eigenvalue weighted by molar-refractivity contribution is -0.173. The van der Waals surface area contributed by atoms with E-state index in [1.807, 2.05) is 5.32 Å². The van der Waals surface area contributed by atoms with Crippen molar-refractivity contribution < 1.29 is 27.5 Å². The van der Waals surface area contributed by atoms with Gasteiger partial charge in [-0.2, -0.15) is 13.2 Å². The number of alkyl carbamates (subject to hydrolysis) is 1. The molecule has 0 aliphatic heterocycles. The first kappa shape index (κ1) is 17.5. The summed E-state index contributed by atoms with van der Waals surface area (Å²) in [6, 6.07) is 14.0. The Kier molecular flexibility index (Phi) is 5.57. The second-order valence-corrected chi connectivity index (χ2v) is 4.91. The van der Waals surface area contributed by atoms with Crippen molar-refractivity contribution in [2.75, 3.05) is 0 Å². The summed E-state index contributed by atoms with van der Waals surface area (Å²) in [5.74, 6) is -2.06. The minimum atomic E-state index is -5.08. The van der Waals surface area contributed by atoms with Gasteiger partial charge in [-0.15, -0.1) is 0 Å². The Hall–Kier alpha value is -2.83. The molecule has 2 aromatic carbocycles. The highest BCUT2D eigenvalue weighted by Gasteiger charge is 2.44. The van der Waals surface area contributed by atoms with E-state index in [2.05, 4.69) is 0 Å². The molecule has 0 spiro atoms. The van der Waals surface area contributed by atoms with E-state index in [9.17, 15) is 22.8 Å². The van der Waals surface area contributed by atoms with E-state index in [0.29, 0.717) is 5.56 Å². The predicted octanol–water partition coefficient (Wildman–Crippen LogP) is 3.79. The number of carbonyl (C=O) groups is 2. The molecular formula is C17H14F3NO3. The molecule has 1 N–H and O–H groups in total. The Balaban J connectivity index is 2.08. The van der Waals surface area contributed by atoms with E-state index in [1.165, 1.54) is 24.3 Å². The van der Waals surface area contributed by atoms with Crippen LogP contribution in [0.3, 0.4) is 0 Å². The molecule has 4 nitrogen and oxygen atoms in total. The number of rotatable bonds is 5. The van der Waals surface area contributed by atoms with E-state index >= 15 is 0 Å². The maximum absolute atomic E-state index is 12.7. The predicted molar refractivity (Wildman–Crippen MR) is 80.0 cm³/mol. The first-order valence-corrected chi connectivity index (χ1v) is 7.01. The Bertz CT molecular complexity index is 687. The molecule has 0 bridgehead atoms. The number of benzene rings is 2. The van der Waals surface area contributed by atoms with Crippen LogP contribution in [0.4, 0.5) is 18.0 Å². The molecular weight excluding hydrogens is 323 g/mol. The summed E-state index contributed by atoms with van der Waals surface area (Å²) in [5.41, 5.74) is 0.697. The number of ether oxygens (including phenoxy) is 1. The van der Waals surface area contributed by atoms with Crippen molar-refractivity contribution in [3.63, 3.8) is 0 Å². The average molecular weight is 337 g/mol. The second-order valence-electron chi connectivity index (χ2n) is 4.91. The fourth-order valence-corrected chi connectivity index (χ4v) is 1.99. The minimum absolute atomic E-state index is 0.0245. The van der Waals surface area contributed by atoms with Crippen LogP contribution in [0.15, 0.2) is 60.7 Å². The highest BCUT2D eigenvalue weighted by molar-refractivity contribution is 5.92. The molecule has 1 unspecified atom stereocenters. The zero-order valence-corrected chi connectivity index (χ0v) is 12.4. The van der Waals surface area contributed by atoms with Crippen LogP contribution in [0.1, 0.15) is 17.2 Å². The maximum Gasteiger partial charge on any atom is 0.452 e. The van der Waals surface area contributed by atoms with E-state index in [4.69, 9.17) is 4.74 Å². The Morgan fingerprint density at radius 2 is 1.50 bits per heavy atom.